The summed E-state index contributed by atoms with van der Waals surface area (Å²) in [6.07, 6.45) is 2.32. The van der Waals surface area contributed by atoms with E-state index in [-0.39, 0.29) is 18.0 Å². The number of aryl methyl sites for hydroxylation is 2. The van der Waals surface area contributed by atoms with E-state index in [9.17, 15) is 9.59 Å². The summed E-state index contributed by atoms with van der Waals surface area (Å²) in [5.41, 5.74) is 2.76. The molecule has 0 fully saturated rings. The van der Waals surface area contributed by atoms with Crippen LogP contribution in [0.5, 0.6) is 0 Å². The summed E-state index contributed by atoms with van der Waals surface area (Å²) in [7, 11) is 0. The molecule has 2 aromatic heterocycles. The molecule has 0 saturated carbocycles. The topological polar surface area (TPSA) is 65.1 Å². The van der Waals surface area contributed by atoms with E-state index in [4.69, 9.17) is 4.42 Å². The molecule has 1 aromatic carbocycles. The maximum atomic E-state index is 12.4. The van der Waals surface area contributed by atoms with Gasteiger partial charge in [0.25, 0.3) is 0 Å². The van der Waals surface area contributed by atoms with Gasteiger partial charge in [0.05, 0.1) is 0 Å². The van der Waals surface area contributed by atoms with E-state index >= 15 is 0 Å². The van der Waals surface area contributed by atoms with E-state index < -0.39 is 5.76 Å². The van der Waals surface area contributed by atoms with Crippen molar-refractivity contribution >= 4 is 33.1 Å². The number of pyridine rings is 1. The quantitative estimate of drug-likeness (QED) is 0.718. The van der Waals surface area contributed by atoms with Crippen LogP contribution in [-0.2, 0) is 6.42 Å². The summed E-state index contributed by atoms with van der Waals surface area (Å²) in [6.45, 7) is 2.00. The van der Waals surface area contributed by atoms with E-state index in [0.29, 0.717) is 16.5 Å². The van der Waals surface area contributed by atoms with Crippen LogP contribution in [0.25, 0.3) is 11.2 Å². The summed E-state index contributed by atoms with van der Waals surface area (Å²) in [6, 6.07) is 9.49. The van der Waals surface area contributed by atoms with Gasteiger partial charge in [-0.1, -0.05) is 24.3 Å². The van der Waals surface area contributed by atoms with E-state index in [0.717, 1.165) is 15.7 Å². The molecule has 0 aliphatic heterocycles. The molecule has 112 valence electrons. The average molecular weight is 361 g/mol. The van der Waals surface area contributed by atoms with Gasteiger partial charge in [0.1, 0.15) is 0 Å². The van der Waals surface area contributed by atoms with Crippen LogP contribution in [0.1, 0.15) is 22.3 Å². The van der Waals surface area contributed by atoms with Crippen molar-refractivity contribution in [3.8, 4) is 0 Å². The number of carbonyl (C=O) groups excluding carboxylic acids is 1. The van der Waals surface area contributed by atoms with Crippen LogP contribution in [0, 0.1) is 6.92 Å². The van der Waals surface area contributed by atoms with E-state index in [1.54, 1.807) is 6.07 Å². The van der Waals surface area contributed by atoms with Crippen molar-refractivity contribution in [1.29, 1.82) is 0 Å². The monoisotopic (exact) mass is 360 g/mol. The van der Waals surface area contributed by atoms with Crippen LogP contribution in [0.15, 0.2) is 50.2 Å². The molecule has 3 aromatic rings. The Kier molecular flexibility index (Phi) is 3.94. The second-order valence-corrected chi connectivity index (χ2v) is 5.91. The molecule has 0 saturated heterocycles. The highest BCUT2D eigenvalue weighted by Crippen LogP contribution is 2.17. The number of hydrogen-bond donors (Lipinski definition) is 0. The third-order valence-electron chi connectivity index (χ3n) is 3.51. The van der Waals surface area contributed by atoms with Gasteiger partial charge in [-0.2, -0.15) is 4.57 Å². The zero-order valence-corrected chi connectivity index (χ0v) is 13.5. The van der Waals surface area contributed by atoms with Gasteiger partial charge in [-0.25, -0.2) is 9.78 Å². The van der Waals surface area contributed by atoms with Crippen molar-refractivity contribution in [2.45, 2.75) is 19.8 Å². The summed E-state index contributed by atoms with van der Waals surface area (Å²) >= 11 is 3.25. The predicted octanol–water partition coefficient (Wildman–Crippen LogP) is 3.33. The maximum absolute atomic E-state index is 12.4. The Hall–Kier alpha value is -2.21. The number of aromatic nitrogens is 2. The molecule has 3 rings (SSSR count). The second-order valence-electron chi connectivity index (χ2n) is 5.00. The fourth-order valence-corrected chi connectivity index (χ4v) is 2.66. The highest BCUT2D eigenvalue weighted by atomic mass is 79.9. The Balaban J connectivity index is 1.88. The van der Waals surface area contributed by atoms with Crippen LogP contribution in [0.2, 0.25) is 0 Å². The van der Waals surface area contributed by atoms with Crippen LogP contribution in [0.3, 0.4) is 0 Å². The van der Waals surface area contributed by atoms with Crippen LogP contribution in [0.4, 0.5) is 0 Å². The van der Waals surface area contributed by atoms with E-state index in [1.807, 2.05) is 31.2 Å². The number of carbonyl (C=O) groups is 1. The molecule has 0 spiro atoms. The molecule has 6 heteroatoms. The van der Waals surface area contributed by atoms with Gasteiger partial charge in [-0.15, -0.1) is 0 Å². The fourth-order valence-electron chi connectivity index (χ4n) is 2.35. The van der Waals surface area contributed by atoms with Gasteiger partial charge in [-0.3, -0.25) is 4.79 Å². The molecule has 5 nitrogen and oxygen atoms in total. The fraction of sp³-hybridized carbons (Fsp3) is 0.188. The molecule has 0 N–H and O–H groups in total. The Morgan fingerprint density at radius 3 is 2.91 bits per heavy atom. The van der Waals surface area contributed by atoms with Gasteiger partial charge in [0.2, 0.25) is 5.91 Å². The summed E-state index contributed by atoms with van der Waals surface area (Å²) < 4.78 is 6.76. The van der Waals surface area contributed by atoms with Crippen LogP contribution >= 0.6 is 15.9 Å². The maximum Gasteiger partial charge on any atom is 0.428 e. The smallest absolute Gasteiger partial charge is 0.406 e. The minimum Gasteiger partial charge on any atom is -0.406 e. The first-order chi connectivity index (χ1) is 10.6. The van der Waals surface area contributed by atoms with Crippen LogP contribution < -0.4 is 5.76 Å². The lowest BCUT2D eigenvalue weighted by molar-refractivity contribution is 0.0899. The minimum atomic E-state index is -0.699. The summed E-state index contributed by atoms with van der Waals surface area (Å²) in [4.78, 5) is 28.3. The third kappa shape index (κ3) is 2.74. The van der Waals surface area contributed by atoms with Crippen molar-refractivity contribution in [1.82, 2.24) is 9.55 Å². The third-order valence-corrected chi connectivity index (χ3v) is 3.94. The Morgan fingerprint density at radius 2 is 2.14 bits per heavy atom. The zero-order valence-electron chi connectivity index (χ0n) is 11.9. The van der Waals surface area contributed by atoms with E-state index in [2.05, 4.69) is 20.9 Å². The van der Waals surface area contributed by atoms with Crippen molar-refractivity contribution in [2.24, 2.45) is 0 Å². The number of nitrogens with zero attached hydrogens (tertiary/aromatic N) is 2. The minimum absolute atomic E-state index is 0.219. The lowest BCUT2D eigenvalue weighted by atomic mass is 10.0. The average Bonchev–Trinajstić information content (AvgIpc) is 2.81. The molecule has 0 unspecified atom stereocenters. The van der Waals surface area contributed by atoms with Crippen LogP contribution in [-0.4, -0.2) is 15.5 Å². The normalized spacial score (nSPS) is 11.0. The van der Waals surface area contributed by atoms with Crippen molar-refractivity contribution < 1.29 is 9.21 Å². The molecule has 0 atom stereocenters. The largest absolute Gasteiger partial charge is 0.428 e. The van der Waals surface area contributed by atoms with E-state index in [1.165, 1.54) is 6.20 Å². The SMILES string of the molecule is Cc1ccccc1CCC(=O)n1c(=O)oc2cc(Br)cnc21. The lowest BCUT2D eigenvalue weighted by Gasteiger charge is -2.04. The van der Waals surface area contributed by atoms with Crippen molar-refractivity contribution in [3.63, 3.8) is 0 Å². The number of oxazole rings is 1. The molecule has 0 aliphatic carbocycles. The molecule has 2 heterocycles. The zero-order chi connectivity index (χ0) is 15.7. The first-order valence-electron chi connectivity index (χ1n) is 6.81. The number of benzene rings is 1. The number of hydrogen-bond acceptors (Lipinski definition) is 4. The molecule has 22 heavy (non-hydrogen) atoms. The predicted molar refractivity (Wildman–Crippen MR) is 86.1 cm³/mol. The first-order valence-corrected chi connectivity index (χ1v) is 7.60. The van der Waals surface area contributed by atoms with Crippen molar-refractivity contribution in [2.75, 3.05) is 0 Å². The van der Waals surface area contributed by atoms with Gasteiger partial charge < -0.3 is 4.42 Å². The molecular weight excluding hydrogens is 348 g/mol. The number of fused-ring (bicyclic) bond motifs is 1. The molecule has 0 bridgehead atoms. The Morgan fingerprint density at radius 1 is 1.36 bits per heavy atom. The Labute approximate surface area is 134 Å². The standard InChI is InChI=1S/C16H13BrN2O3/c1-10-4-2-3-5-11(10)6-7-14(20)19-15-13(22-16(19)21)8-12(17)9-18-15/h2-5,8-9H,6-7H2,1H3. The molecule has 0 aliphatic rings. The van der Waals surface area contributed by atoms with Crippen molar-refractivity contribution in [3.05, 3.63) is 62.7 Å². The number of rotatable bonds is 3. The summed E-state index contributed by atoms with van der Waals surface area (Å²) in [5.74, 6) is -1.02. The lowest BCUT2D eigenvalue weighted by Crippen LogP contribution is -2.23. The molecule has 0 radical (unpaired) electrons. The molecular formula is C16H13BrN2O3. The van der Waals surface area contributed by atoms with Gasteiger partial charge in [-0.05, 0) is 40.4 Å². The highest BCUT2D eigenvalue weighted by Gasteiger charge is 2.17. The van der Waals surface area contributed by atoms with Gasteiger partial charge in [0, 0.05) is 23.2 Å². The second kappa shape index (κ2) is 5.88. The highest BCUT2D eigenvalue weighted by molar-refractivity contribution is 9.10. The first kappa shape index (κ1) is 14.7. The van der Waals surface area contributed by atoms with Gasteiger partial charge in [0.15, 0.2) is 11.2 Å². The Bertz CT molecular complexity index is 911. The summed E-state index contributed by atoms with van der Waals surface area (Å²) in [5, 5.41) is 0. The van der Waals surface area contributed by atoms with Gasteiger partial charge >= 0.3 is 5.76 Å². The number of halogens is 1. The molecule has 0 amide bonds.